The van der Waals surface area contributed by atoms with Crippen LogP contribution in [0.4, 0.5) is 5.69 Å². The number of hydrogen-bond donors (Lipinski definition) is 0. The summed E-state index contributed by atoms with van der Waals surface area (Å²) in [6, 6.07) is 4.97. The van der Waals surface area contributed by atoms with Crippen LogP contribution in [0, 0.1) is 3.57 Å². The Balaban J connectivity index is 2.34. The number of anilines is 1. The number of carbonyl (C=O) groups excluding carboxylic acids is 3. The number of rotatable bonds is 4. The molecule has 1 unspecified atom stereocenters. The summed E-state index contributed by atoms with van der Waals surface area (Å²) in [5.41, 5.74) is 1.06. The highest BCUT2D eigenvalue weighted by atomic mass is 127. The molecule has 0 fully saturated rings. The van der Waals surface area contributed by atoms with Crippen molar-refractivity contribution >= 4 is 46.1 Å². The topological polar surface area (TPSA) is 66.9 Å². The second-order valence-corrected chi connectivity index (χ2v) is 6.65. The molecule has 1 heterocycles. The van der Waals surface area contributed by atoms with Crippen molar-refractivity contribution in [3.8, 4) is 0 Å². The van der Waals surface area contributed by atoms with Crippen LogP contribution in [0.5, 0.6) is 0 Å². The lowest BCUT2D eigenvalue weighted by Crippen LogP contribution is -2.44. The molecule has 23 heavy (non-hydrogen) atoms. The Bertz CT molecular complexity index is 647. The zero-order chi connectivity index (χ0) is 17.1. The molecule has 7 heteroatoms. The number of halogens is 1. The minimum atomic E-state index is -0.414. The second-order valence-electron chi connectivity index (χ2n) is 5.41. The Morgan fingerprint density at radius 2 is 2.09 bits per heavy atom. The van der Waals surface area contributed by atoms with Gasteiger partial charge in [-0.15, -0.1) is 0 Å². The SMILES string of the molecule is CCOC(=O)CC(C)N1CC(=O)N(C)c2ccc(I)cc2C1=O. The molecule has 2 rings (SSSR count). The Labute approximate surface area is 148 Å². The minimum absolute atomic E-state index is 0.0544. The van der Waals surface area contributed by atoms with Gasteiger partial charge in [-0.3, -0.25) is 14.4 Å². The van der Waals surface area contributed by atoms with Gasteiger partial charge < -0.3 is 14.5 Å². The van der Waals surface area contributed by atoms with Crippen LogP contribution in [-0.4, -0.2) is 48.9 Å². The van der Waals surface area contributed by atoms with Gasteiger partial charge in [0.15, 0.2) is 0 Å². The predicted octanol–water partition coefficient (Wildman–Crippen LogP) is 2.05. The first-order valence-corrected chi connectivity index (χ1v) is 8.45. The highest BCUT2D eigenvalue weighted by Gasteiger charge is 2.33. The van der Waals surface area contributed by atoms with E-state index in [0.29, 0.717) is 17.9 Å². The van der Waals surface area contributed by atoms with Crippen LogP contribution in [0.15, 0.2) is 18.2 Å². The molecular formula is C16H19IN2O4. The first-order valence-electron chi connectivity index (χ1n) is 7.37. The molecule has 124 valence electrons. The number of fused-ring (bicyclic) bond motifs is 1. The first-order chi connectivity index (χ1) is 10.8. The molecular weight excluding hydrogens is 411 g/mol. The number of likely N-dealkylation sites (N-methyl/N-ethyl adjacent to an activating group) is 1. The summed E-state index contributed by atoms with van der Waals surface area (Å²) in [6.07, 6.45) is 0.0653. The molecule has 2 amide bonds. The zero-order valence-corrected chi connectivity index (χ0v) is 15.5. The van der Waals surface area contributed by atoms with E-state index in [1.807, 2.05) is 6.07 Å². The van der Waals surface area contributed by atoms with E-state index >= 15 is 0 Å². The van der Waals surface area contributed by atoms with E-state index in [9.17, 15) is 14.4 Å². The number of carbonyl (C=O) groups is 3. The largest absolute Gasteiger partial charge is 0.466 e. The summed E-state index contributed by atoms with van der Waals surface area (Å²) in [7, 11) is 1.65. The van der Waals surface area contributed by atoms with Gasteiger partial charge in [0.1, 0.15) is 6.54 Å². The number of benzene rings is 1. The third kappa shape index (κ3) is 3.82. The fourth-order valence-electron chi connectivity index (χ4n) is 2.51. The van der Waals surface area contributed by atoms with Gasteiger partial charge in [0, 0.05) is 16.7 Å². The van der Waals surface area contributed by atoms with Crippen molar-refractivity contribution in [1.82, 2.24) is 4.90 Å². The Kier molecular flexibility index (Phi) is 5.61. The van der Waals surface area contributed by atoms with Gasteiger partial charge in [0.05, 0.1) is 24.3 Å². The van der Waals surface area contributed by atoms with Crippen LogP contribution in [0.1, 0.15) is 30.6 Å². The molecule has 6 nitrogen and oxygen atoms in total. The minimum Gasteiger partial charge on any atom is -0.466 e. The predicted molar refractivity (Wildman–Crippen MR) is 94.3 cm³/mol. The van der Waals surface area contributed by atoms with Gasteiger partial charge in [-0.2, -0.15) is 0 Å². The molecule has 1 aliphatic heterocycles. The van der Waals surface area contributed by atoms with E-state index in [1.54, 1.807) is 33.0 Å². The van der Waals surface area contributed by atoms with Crippen LogP contribution in [0.25, 0.3) is 0 Å². The van der Waals surface area contributed by atoms with Crippen LogP contribution in [0.2, 0.25) is 0 Å². The molecule has 1 atom stereocenters. The van der Waals surface area contributed by atoms with Gasteiger partial charge in [-0.05, 0) is 54.6 Å². The summed E-state index contributed by atoms with van der Waals surface area (Å²) in [5.74, 6) is -0.803. The average molecular weight is 430 g/mol. The van der Waals surface area contributed by atoms with E-state index in [1.165, 1.54) is 9.80 Å². The molecule has 0 spiro atoms. The molecule has 1 aromatic rings. The van der Waals surface area contributed by atoms with Crippen molar-refractivity contribution in [2.45, 2.75) is 26.3 Å². The summed E-state index contributed by atoms with van der Waals surface area (Å²) in [5, 5.41) is 0. The van der Waals surface area contributed by atoms with Crippen molar-refractivity contribution < 1.29 is 19.1 Å². The third-order valence-electron chi connectivity index (χ3n) is 3.79. The maximum atomic E-state index is 12.9. The zero-order valence-electron chi connectivity index (χ0n) is 13.3. The molecule has 0 saturated carbocycles. The van der Waals surface area contributed by atoms with E-state index in [0.717, 1.165) is 3.57 Å². The number of esters is 1. The lowest BCUT2D eigenvalue weighted by atomic mass is 10.1. The number of amides is 2. The summed E-state index contributed by atoms with van der Waals surface area (Å²) < 4.78 is 5.85. The molecule has 0 N–H and O–H groups in total. The Hall–Kier alpha value is -1.64. The maximum Gasteiger partial charge on any atom is 0.307 e. The lowest BCUT2D eigenvalue weighted by molar-refractivity contribution is -0.144. The highest BCUT2D eigenvalue weighted by Crippen LogP contribution is 2.27. The van der Waals surface area contributed by atoms with E-state index in [-0.39, 0.29) is 30.7 Å². The highest BCUT2D eigenvalue weighted by molar-refractivity contribution is 14.1. The van der Waals surface area contributed by atoms with E-state index < -0.39 is 6.04 Å². The van der Waals surface area contributed by atoms with Gasteiger partial charge in [0.2, 0.25) is 5.91 Å². The fourth-order valence-corrected chi connectivity index (χ4v) is 3.00. The molecule has 0 aromatic heterocycles. The molecule has 0 radical (unpaired) electrons. The van der Waals surface area contributed by atoms with Gasteiger partial charge in [-0.1, -0.05) is 0 Å². The van der Waals surface area contributed by atoms with Gasteiger partial charge >= 0.3 is 5.97 Å². The first kappa shape index (κ1) is 17.7. The van der Waals surface area contributed by atoms with E-state index in [4.69, 9.17) is 4.74 Å². The second kappa shape index (κ2) is 7.29. The number of hydrogen-bond acceptors (Lipinski definition) is 4. The molecule has 0 bridgehead atoms. The lowest BCUT2D eigenvalue weighted by Gasteiger charge is -2.26. The van der Waals surface area contributed by atoms with Crippen LogP contribution < -0.4 is 4.90 Å². The van der Waals surface area contributed by atoms with Crippen LogP contribution in [0.3, 0.4) is 0 Å². The number of ether oxygens (including phenoxy) is 1. The number of nitrogens with zero attached hydrogens (tertiary/aromatic N) is 2. The van der Waals surface area contributed by atoms with E-state index in [2.05, 4.69) is 22.6 Å². The molecule has 0 saturated heterocycles. The maximum absolute atomic E-state index is 12.9. The van der Waals surface area contributed by atoms with Crippen molar-refractivity contribution in [2.24, 2.45) is 0 Å². The Morgan fingerprint density at radius 1 is 1.39 bits per heavy atom. The third-order valence-corrected chi connectivity index (χ3v) is 4.46. The summed E-state index contributed by atoms with van der Waals surface area (Å²) in [6.45, 7) is 3.72. The average Bonchev–Trinajstić information content (AvgIpc) is 2.58. The molecule has 0 aliphatic carbocycles. The van der Waals surface area contributed by atoms with Gasteiger partial charge in [0.25, 0.3) is 5.91 Å². The van der Waals surface area contributed by atoms with Crippen LogP contribution in [-0.2, 0) is 14.3 Å². The fraction of sp³-hybridized carbons (Fsp3) is 0.438. The quantitative estimate of drug-likeness (QED) is 0.542. The summed E-state index contributed by atoms with van der Waals surface area (Å²) in [4.78, 5) is 39.8. The van der Waals surface area contributed by atoms with Crippen LogP contribution >= 0.6 is 22.6 Å². The van der Waals surface area contributed by atoms with Crippen molar-refractivity contribution in [1.29, 1.82) is 0 Å². The Morgan fingerprint density at radius 3 is 2.74 bits per heavy atom. The monoisotopic (exact) mass is 430 g/mol. The van der Waals surface area contributed by atoms with Crippen molar-refractivity contribution in [2.75, 3.05) is 25.1 Å². The van der Waals surface area contributed by atoms with Crippen molar-refractivity contribution in [3.05, 3.63) is 27.3 Å². The smallest absolute Gasteiger partial charge is 0.307 e. The standard InChI is InChI=1S/C16H19IN2O4/c1-4-23-15(21)7-10(2)19-9-14(20)18(3)13-6-5-11(17)8-12(13)16(19)22/h5-6,8,10H,4,7,9H2,1-3H3. The summed E-state index contributed by atoms with van der Waals surface area (Å²) >= 11 is 2.13. The van der Waals surface area contributed by atoms with Crippen molar-refractivity contribution in [3.63, 3.8) is 0 Å². The normalized spacial score (nSPS) is 16.0. The van der Waals surface area contributed by atoms with Gasteiger partial charge in [-0.25, -0.2) is 0 Å². The molecule has 1 aliphatic rings. The molecule has 1 aromatic carbocycles.